The van der Waals surface area contributed by atoms with Crippen molar-refractivity contribution in [3.05, 3.63) is 72.9 Å². The molecule has 0 bridgehead atoms. The summed E-state index contributed by atoms with van der Waals surface area (Å²) in [6.07, 6.45) is 59.5. The van der Waals surface area contributed by atoms with Crippen molar-refractivity contribution in [3.63, 3.8) is 0 Å². The van der Waals surface area contributed by atoms with Crippen LogP contribution >= 0.6 is 0 Å². The third-order valence-electron chi connectivity index (χ3n) is 11.4. The monoisotopic (exact) mass is 897 g/mol. The number of esters is 2. The number of quaternary nitrogens is 1. The normalized spacial score (nSPS) is 13.5. The zero-order chi connectivity index (χ0) is 47.0. The van der Waals surface area contributed by atoms with Gasteiger partial charge in [0.2, 0.25) is 0 Å². The van der Waals surface area contributed by atoms with E-state index < -0.39 is 18.1 Å². The zero-order valence-corrected chi connectivity index (χ0v) is 42.0. The fourth-order valence-electron chi connectivity index (χ4n) is 7.39. The van der Waals surface area contributed by atoms with Gasteiger partial charge in [-0.25, -0.2) is 4.79 Å². The van der Waals surface area contributed by atoms with E-state index in [1.54, 1.807) is 0 Å². The second-order valence-corrected chi connectivity index (χ2v) is 18.4. The number of carboxylic acid groups (broad SMARTS) is 1. The largest absolute Gasteiger partial charge is 0.477 e. The highest BCUT2D eigenvalue weighted by molar-refractivity contribution is 5.72. The number of ether oxygens (including phenoxy) is 3. The van der Waals surface area contributed by atoms with E-state index in [4.69, 9.17) is 14.2 Å². The van der Waals surface area contributed by atoms with E-state index in [-0.39, 0.29) is 42.7 Å². The van der Waals surface area contributed by atoms with E-state index in [1.165, 1.54) is 96.3 Å². The summed E-state index contributed by atoms with van der Waals surface area (Å²) < 4.78 is 17.3. The van der Waals surface area contributed by atoms with Gasteiger partial charge in [0.05, 0.1) is 34.4 Å². The number of hydrogen-bond donors (Lipinski definition) is 1. The molecule has 1 N–H and O–H groups in total. The van der Waals surface area contributed by atoms with Crippen molar-refractivity contribution in [2.45, 2.75) is 225 Å². The zero-order valence-electron chi connectivity index (χ0n) is 42.0. The quantitative estimate of drug-likeness (QED) is 0.0281. The Morgan fingerprint density at radius 2 is 0.875 bits per heavy atom. The summed E-state index contributed by atoms with van der Waals surface area (Å²) in [5, 5.41) is 9.66. The van der Waals surface area contributed by atoms with Gasteiger partial charge in [0.15, 0.2) is 12.1 Å². The maximum atomic E-state index is 12.8. The molecule has 0 aliphatic carbocycles. The topological polar surface area (TPSA) is 99.1 Å². The SMILES string of the molecule is CC/C=C/C/C=C/C/C=C/C/C=C/C/C=C/C/C=C/CCCCCC(=O)OC(COCCC(C(=O)O)[N+](C)(C)C)COC(=O)CCCCCCCCCCCCCCCCCCCC. The third-order valence-corrected chi connectivity index (χ3v) is 11.4. The molecule has 0 fully saturated rings. The Balaban J connectivity index is 4.32. The Morgan fingerprint density at radius 1 is 0.484 bits per heavy atom. The second kappa shape index (κ2) is 46.3. The van der Waals surface area contributed by atoms with Gasteiger partial charge in [-0.2, -0.15) is 0 Å². The number of allylic oxidation sites excluding steroid dienone is 12. The highest BCUT2D eigenvalue weighted by Gasteiger charge is 2.31. The molecule has 0 amide bonds. The maximum Gasteiger partial charge on any atom is 0.362 e. The Kier molecular flexibility index (Phi) is 44.0. The number of aliphatic carboxylic acids is 1. The molecular formula is C56H98NO7+. The molecule has 0 saturated heterocycles. The molecule has 0 aromatic heterocycles. The average molecular weight is 897 g/mol. The van der Waals surface area contributed by atoms with Crippen LogP contribution in [-0.4, -0.2) is 80.6 Å². The van der Waals surface area contributed by atoms with Crippen molar-refractivity contribution in [2.75, 3.05) is 41.0 Å². The first kappa shape index (κ1) is 60.8. The van der Waals surface area contributed by atoms with E-state index in [1.807, 2.05) is 21.1 Å². The van der Waals surface area contributed by atoms with E-state index in [9.17, 15) is 19.5 Å². The highest BCUT2D eigenvalue weighted by Crippen LogP contribution is 2.16. The smallest absolute Gasteiger partial charge is 0.362 e. The van der Waals surface area contributed by atoms with Gasteiger partial charge < -0.3 is 23.8 Å². The third kappa shape index (κ3) is 44.0. The summed E-state index contributed by atoms with van der Waals surface area (Å²) >= 11 is 0. The minimum Gasteiger partial charge on any atom is -0.477 e. The van der Waals surface area contributed by atoms with Crippen molar-refractivity contribution in [1.29, 1.82) is 0 Å². The molecule has 0 saturated carbocycles. The number of rotatable bonds is 46. The lowest BCUT2D eigenvalue weighted by atomic mass is 10.0. The molecule has 368 valence electrons. The van der Waals surface area contributed by atoms with Crippen molar-refractivity contribution in [2.24, 2.45) is 0 Å². The molecule has 0 aliphatic heterocycles. The number of nitrogens with zero attached hydrogens (tertiary/aromatic N) is 1. The predicted octanol–water partition coefficient (Wildman–Crippen LogP) is 15.1. The van der Waals surface area contributed by atoms with Gasteiger partial charge in [-0.3, -0.25) is 9.59 Å². The van der Waals surface area contributed by atoms with Gasteiger partial charge in [-0.1, -0.05) is 202 Å². The molecule has 0 rings (SSSR count). The van der Waals surface area contributed by atoms with E-state index >= 15 is 0 Å². The van der Waals surface area contributed by atoms with Gasteiger partial charge in [-0.05, 0) is 64.2 Å². The Bertz CT molecular complexity index is 1270. The highest BCUT2D eigenvalue weighted by atomic mass is 16.6. The molecular weight excluding hydrogens is 799 g/mol. The second-order valence-electron chi connectivity index (χ2n) is 18.4. The number of likely N-dealkylation sites (N-methyl/N-ethyl adjacent to an activating group) is 1. The van der Waals surface area contributed by atoms with Crippen LogP contribution in [0.2, 0.25) is 0 Å². The van der Waals surface area contributed by atoms with Crippen LogP contribution in [0.4, 0.5) is 0 Å². The van der Waals surface area contributed by atoms with Crippen molar-refractivity contribution in [3.8, 4) is 0 Å². The summed E-state index contributed by atoms with van der Waals surface area (Å²) in [4.78, 5) is 37.2. The van der Waals surface area contributed by atoms with Crippen LogP contribution < -0.4 is 0 Å². The standard InChI is InChI=1S/C56H97NO7/c1-6-8-10-12-14-16-18-20-22-24-26-27-28-29-31-33-35-37-39-41-43-45-47-55(59)64-52(50-62-49-48-53(56(60)61)57(3,4)5)51-63-54(58)46-44-42-40-38-36-34-32-30-25-23-21-19-17-15-13-11-9-7-2/h8,10,14,16,20,22,26-27,29,31,35,37,52-53H,6-7,9,11-13,15,17-19,21,23-25,28,30,32-34,36,38-51H2,1-5H3/p+1/b10-8+,16-14+,22-20+,27-26+,31-29+,37-35+. The van der Waals surface area contributed by atoms with Gasteiger partial charge in [0.25, 0.3) is 0 Å². The van der Waals surface area contributed by atoms with Crippen LogP contribution in [0.1, 0.15) is 213 Å². The van der Waals surface area contributed by atoms with Gasteiger partial charge in [0.1, 0.15) is 6.61 Å². The Hall–Kier alpha value is -3.23. The Labute approximate surface area is 393 Å². The maximum absolute atomic E-state index is 12.8. The lowest BCUT2D eigenvalue weighted by Crippen LogP contribution is -2.50. The molecule has 0 aromatic carbocycles. The molecule has 0 heterocycles. The summed E-state index contributed by atoms with van der Waals surface area (Å²) in [7, 11) is 5.52. The van der Waals surface area contributed by atoms with E-state index in [2.05, 4.69) is 86.8 Å². The van der Waals surface area contributed by atoms with Crippen molar-refractivity contribution < 1.29 is 38.2 Å². The Morgan fingerprint density at radius 3 is 1.30 bits per heavy atom. The van der Waals surface area contributed by atoms with E-state index in [0.717, 1.165) is 83.5 Å². The molecule has 0 aromatic rings. The first-order valence-electron chi connectivity index (χ1n) is 26.0. The van der Waals surface area contributed by atoms with Crippen LogP contribution in [-0.2, 0) is 28.6 Å². The van der Waals surface area contributed by atoms with Gasteiger partial charge >= 0.3 is 17.9 Å². The lowest BCUT2D eigenvalue weighted by Gasteiger charge is -2.31. The van der Waals surface area contributed by atoms with Crippen LogP contribution in [0.5, 0.6) is 0 Å². The summed E-state index contributed by atoms with van der Waals surface area (Å²) in [5.41, 5.74) is 0. The molecule has 2 unspecified atom stereocenters. The van der Waals surface area contributed by atoms with Crippen LogP contribution in [0.3, 0.4) is 0 Å². The fraction of sp³-hybridized carbons (Fsp3) is 0.732. The van der Waals surface area contributed by atoms with Gasteiger partial charge in [-0.15, -0.1) is 0 Å². The van der Waals surface area contributed by atoms with Crippen LogP contribution in [0, 0.1) is 0 Å². The number of carbonyl (C=O) groups excluding carboxylic acids is 2. The van der Waals surface area contributed by atoms with Crippen LogP contribution in [0.25, 0.3) is 0 Å². The molecule has 2 atom stereocenters. The van der Waals surface area contributed by atoms with Crippen molar-refractivity contribution in [1.82, 2.24) is 0 Å². The van der Waals surface area contributed by atoms with Gasteiger partial charge in [0, 0.05) is 19.3 Å². The number of hydrogen-bond acceptors (Lipinski definition) is 6. The fourth-order valence-corrected chi connectivity index (χ4v) is 7.39. The number of carboxylic acids is 1. The average Bonchev–Trinajstić information content (AvgIpc) is 3.26. The van der Waals surface area contributed by atoms with Crippen LogP contribution in [0.15, 0.2) is 72.9 Å². The lowest BCUT2D eigenvalue weighted by molar-refractivity contribution is -0.887. The molecule has 0 spiro atoms. The molecule has 0 aliphatic rings. The number of unbranched alkanes of at least 4 members (excludes halogenated alkanes) is 20. The minimum atomic E-state index is -0.881. The first-order valence-corrected chi connectivity index (χ1v) is 26.0. The molecule has 8 nitrogen and oxygen atoms in total. The summed E-state index contributed by atoms with van der Waals surface area (Å²) in [6, 6.07) is -0.624. The minimum absolute atomic E-state index is 0.0460. The summed E-state index contributed by atoms with van der Waals surface area (Å²) in [6.45, 7) is 4.61. The molecule has 64 heavy (non-hydrogen) atoms. The molecule has 8 heteroatoms. The van der Waals surface area contributed by atoms with Crippen molar-refractivity contribution >= 4 is 17.9 Å². The first-order chi connectivity index (χ1) is 31.1. The predicted molar refractivity (Wildman–Crippen MR) is 270 cm³/mol. The molecule has 0 radical (unpaired) electrons. The summed E-state index contributed by atoms with van der Waals surface area (Å²) in [5.74, 6) is -1.51. The van der Waals surface area contributed by atoms with E-state index in [0.29, 0.717) is 12.8 Å². The number of carbonyl (C=O) groups is 3.